The Morgan fingerprint density at radius 3 is 2.80 bits per heavy atom. The highest BCUT2D eigenvalue weighted by atomic mass is 32.2. The van der Waals surface area contributed by atoms with E-state index in [1.54, 1.807) is 18.0 Å². The number of imidazole rings is 1. The van der Waals surface area contributed by atoms with Crippen LogP contribution in [0.15, 0.2) is 21.8 Å². The molecule has 0 aromatic carbocycles. The van der Waals surface area contributed by atoms with Gasteiger partial charge in [0.25, 0.3) is 5.91 Å². The molecule has 7 heteroatoms. The smallest absolute Gasteiger partial charge is 0.287 e. The first-order chi connectivity index (χ1) is 12.1. The Morgan fingerprint density at radius 1 is 1.40 bits per heavy atom. The van der Waals surface area contributed by atoms with Crippen molar-refractivity contribution in [1.29, 1.82) is 0 Å². The fourth-order valence-electron chi connectivity index (χ4n) is 3.23. The summed E-state index contributed by atoms with van der Waals surface area (Å²) < 4.78 is 7.81. The summed E-state index contributed by atoms with van der Waals surface area (Å²) in [4.78, 5) is 19.2. The molecule has 3 rings (SSSR count). The molecule has 1 fully saturated rings. The van der Waals surface area contributed by atoms with E-state index in [-0.39, 0.29) is 5.91 Å². The Kier molecular flexibility index (Phi) is 5.86. The van der Waals surface area contributed by atoms with Gasteiger partial charge in [-0.3, -0.25) is 9.69 Å². The molecule has 1 saturated heterocycles. The van der Waals surface area contributed by atoms with Crippen molar-refractivity contribution in [3.05, 3.63) is 35.0 Å². The van der Waals surface area contributed by atoms with Crippen LogP contribution in [-0.2, 0) is 26.6 Å². The minimum atomic E-state index is -0.172. The molecule has 1 amide bonds. The van der Waals surface area contributed by atoms with Crippen molar-refractivity contribution in [2.24, 2.45) is 7.05 Å². The third kappa shape index (κ3) is 4.10. The number of aromatic nitrogens is 2. The Bertz CT molecular complexity index is 732. The number of rotatable bonds is 7. The number of hydrogen-bond donors (Lipinski definition) is 1. The van der Waals surface area contributed by atoms with Gasteiger partial charge in [0, 0.05) is 25.6 Å². The van der Waals surface area contributed by atoms with Crippen molar-refractivity contribution in [1.82, 2.24) is 19.8 Å². The maximum absolute atomic E-state index is 12.5. The van der Waals surface area contributed by atoms with Crippen molar-refractivity contribution in [3.8, 4) is 0 Å². The van der Waals surface area contributed by atoms with Gasteiger partial charge in [-0.15, -0.1) is 0 Å². The molecular formula is C18H26N4O2S. The van der Waals surface area contributed by atoms with Gasteiger partial charge in [0.1, 0.15) is 5.76 Å². The number of hydrogen-bond acceptors (Lipinski definition) is 5. The minimum Gasteiger partial charge on any atom is -0.456 e. The van der Waals surface area contributed by atoms with Crippen molar-refractivity contribution in [3.63, 3.8) is 0 Å². The van der Waals surface area contributed by atoms with Crippen LogP contribution in [0.25, 0.3) is 0 Å². The highest BCUT2D eigenvalue weighted by Gasteiger charge is 2.19. The first kappa shape index (κ1) is 18.1. The number of likely N-dealkylation sites (tertiary alicyclic amines) is 1. The van der Waals surface area contributed by atoms with E-state index in [0.29, 0.717) is 12.3 Å². The Hall–Kier alpha value is -1.73. The quantitative estimate of drug-likeness (QED) is 0.768. The lowest BCUT2D eigenvalue weighted by atomic mass is 10.2. The molecule has 0 aliphatic carbocycles. The van der Waals surface area contributed by atoms with Crippen LogP contribution in [0.1, 0.15) is 47.3 Å². The predicted molar refractivity (Wildman–Crippen MR) is 98.8 cm³/mol. The Labute approximate surface area is 153 Å². The number of carbonyl (C=O) groups excluding carboxylic acids is 1. The van der Waals surface area contributed by atoms with E-state index in [1.807, 2.05) is 23.9 Å². The molecular weight excluding hydrogens is 336 g/mol. The molecule has 3 heterocycles. The number of nitrogens with zero attached hydrogens (tertiary/aromatic N) is 3. The summed E-state index contributed by atoms with van der Waals surface area (Å²) in [7, 11) is 1.95. The second-order valence-corrected chi connectivity index (χ2v) is 7.15. The lowest BCUT2D eigenvalue weighted by Crippen LogP contribution is -2.23. The number of thioether (sulfide) groups is 1. The summed E-state index contributed by atoms with van der Waals surface area (Å²) in [5.74, 6) is 1.15. The summed E-state index contributed by atoms with van der Waals surface area (Å²) in [6.45, 7) is 5.64. The van der Waals surface area contributed by atoms with E-state index in [1.165, 1.54) is 12.8 Å². The first-order valence-electron chi connectivity index (χ1n) is 8.79. The molecule has 0 radical (unpaired) electrons. The van der Waals surface area contributed by atoms with Crippen molar-refractivity contribution in [2.45, 2.75) is 44.4 Å². The maximum atomic E-state index is 12.5. The zero-order chi connectivity index (χ0) is 17.8. The third-order valence-electron chi connectivity index (χ3n) is 4.69. The average Bonchev–Trinajstić information content (AvgIpc) is 3.34. The largest absolute Gasteiger partial charge is 0.456 e. The summed E-state index contributed by atoms with van der Waals surface area (Å²) in [6.07, 6.45) is 7.10. The van der Waals surface area contributed by atoms with Gasteiger partial charge in [0.05, 0.1) is 18.4 Å². The SMILES string of the molecule is CCc1oc(C(=O)NCc2cnc(SC)n2C)cc1CN1CCCC1. The summed E-state index contributed by atoms with van der Waals surface area (Å²) in [6, 6.07) is 1.91. The normalized spacial score (nSPS) is 15.0. The van der Waals surface area contributed by atoms with Crippen molar-refractivity contribution < 1.29 is 9.21 Å². The maximum Gasteiger partial charge on any atom is 0.287 e. The topological polar surface area (TPSA) is 63.3 Å². The number of furan rings is 1. The van der Waals surface area contributed by atoms with Gasteiger partial charge < -0.3 is 14.3 Å². The monoisotopic (exact) mass is 362 g/mol. The van der Waals surface area contributed by atoms with Crippen LogP contribution in [0.2, 0.25) is 0 Å². The van der Waals surface area contributed by atoms with Crippen LogP contribution >= 0.6 is 11.8 Å². The fourth-order valence-corrected chi connectivity index (χ4v) is 3.78. The average molecular weight is 362 g/mol. The van der Waals surface area contributed by atoms with Gasteiger partial charge in [-0.25, -0.2) is 4.98 Å². The van der Waals surface area contributed by atoms with Crippen molar-refractivity contribution >= 4 is 17.7 Å². The lowest BCUT2D eigenvalue weighted by Gasteiger charge is -2.13. The summed E-state index contributed by atoms with van der Waals surface area (Å²) in [5.41, 5.74) is 2.11. The van der Waals surface area contributed by atoms with E-state index >= 15 is 0 Å². The second kappa shape index (κ2) is 8.10. The van der Waals surface area contributed by atoms with E-state index in [2.05, 4.69) is 22.1 Å². The predicted octanol–water partition coefficient (Wildman–Crippen LogP) is 2.82. The second-order valence-electron chi connectivity index (χ2n) is 6.37. The molecule has 1 N–H and O–H groups in total. The van der Waals surface area contributed by atoms with Crippen LogP contribution in [0, 0.1) is 0 Å². The Balaban J connectivity index is 1.64. The zero-order valence-electron chi connectivity index (χ0n) is 15.2. The number of aryl methyl sites for hydroxylation is 1. The lowest BCUT2D eigenvalue weighted by molar-refractivity contribution is 0.0920. The molecule has 1 aliphatic rings. The summed E-state index contributed by atoms with van der Waals surface area (Å²) in [5, 5.41) is 3.87. The molecule has 0 atom stereocenters. The van der Waals surface area contributed by atoms with Gasteiger partial charge in [0.15, 0.2) is 10.9 Å². The highest BCUT2D eigenvalue weighted by molar-refractivity contribution is 7.98. The number of amides is 1. The molecule has 25 heavy (non-hydrogen) atoms. The molecule has 0 unspecified atom stereocenters. The van der Waals surface area contributed by atoms with E-state index in [4.69, 9.17) is 4.42 Å². The van der Waals surface area contributed by atoms with Crippen LogP contribution < -0.4 is 5.32 Å². The molecule has 2 aromatic rings. The van der Waals surface area contributed by atoms with Gasteiger partial charge in [-0.2, -0.15) is 0 Å². The van der Waals surface area contributed by atoms with Crippen LogP contribution in [0.5, 0.6) is 0 Å². The standard InChI is InChI=1S/C18H26N4O2S/c1-4-15-13(12-22-7-5-6-8-22)9-16(24-15)17(23)19-10-14-11-20-18(25-3)21(14)2/h9,11H,4-8,10,12H2,1-3H3,(H,19,23). The van der Waals surface area contributed by atoms with Crippen LogP contribution in [-0.4, -0.2) is 39.7 Å². The molecule has 0 bridgehead atoms. The molecule has 136 valence electrons. The van der Waals surface area contributed by atoms with E-state index in [9.17, 15) is 4.79 Å². The third-order valence-corrected chi connectivity index (χ3v) is 5.43. The van der Waals surface area contributed by atoms with Crippen molar-refractivity contribution in [2.75, 3.05) is 19.3 Å². The van der Waals surface area contributed by atoms with E-state index in [0.717, 1.165) is 48.2 Å². The number of carbonyl (C=O) groups is 1. The molecule has 2 aromatic heterocycles. The first-order valence-corrected chi connectivity index (χ1v) is 10.0. The summed E-state index contributed by atoms with van der Waals surface area (Å²) >= 11 is 1.59. The minimum absolute atomic E-state index is 0.172. The van der Waals surface area contributed by atoms with E-state index < -0.39 is 0 Å². The van der Waals surface area contributed by atoms with Gasteiger partial charge in [-0.05, 0) is 38.3 Å². The Morgan fingerprint density at radius 2 is 2.16 bits per heavy atom. The van der Waals surface area contributed by atoms with Gasteiger partial charge >= 0.3 is 0 Å². The molecule has 0 spiro atoms. The molecule has 0 saturated carbocycles. The van der Waals surface area contributed by atoms with Gasteiger partial charge in [0.2, 0.25) is 0 Å². The fraction of sp³-hybridized carbons (Fsp3) is 0.556. The zero-order valence-corrected chi connectivity index (χ0v) is 16.0. The van der Waals surface area contributed by atoms with Gasteiger partial charge in [-0.1, -0.05) is 18.7 Å². The highest BCUT2D eigenvalue weighted by Crippen LogP contribution is 2.21. The van der Waals surface area contributed by atoms with Crippen LogP contribution in [0.3, 0.4) is 0 Å². The van der Waals surface area contributed by atoms with Crippen LogP contribution in [0.4, 0.5) is 0 Å². The number of nitrogens with one attached hydrogen (secondary N) is 1. The molecule has 1 aliphatic heterocycles. The molecule has 6 nitrogen and oxygen atoms in total.